The van der Waals surface area contributed by atoms with Crippen LogP contribution in [0.1, 0.15) is 0 Å². The second-order valence-electron chi connectivity index (χ2n) is 7.46. The molecule has 16 heteroatoms. The van der Waals surface area contributed by atoms with Gasteiger partial charge in [-0.25, -0.2) is 16.8 Å². The van der Waals surface area contributed by atoms with Crippen molar-refractivity contribution in [1.29, 1.82) is 0 Å². The molecule has 0 unspecified atom stereocenters. The Labute approximate surface area is 188 Å². The number of fused-ring (bicyclic) bond motifs is 2. The molecule has 0 N–H and O–H groups in total. The average molecular weight is 498 g/mol. The first-order chi connectivity index (χ1) is 15.5. The van der Waals surface area contributed by atoms with Crippen molar-refractivity contribution in [2.24, 2.45) is 0 Å². The van der Waals surface area contributed by atoms with Crippen molar-refractivity contribution >= 4 is 31.4 Å². The van der Waals surface area contributed by atoms with Crippen LogP contribution in [0.2, 0.25) is 0 Å². The Hall–Kier alpha value is -3.02. The highest BCUT2D eigenvalue weighted by molar-refractivity contribution is 7.89. The van der Waals surface area contributed by atoms with E-state index in [0.29, 0.717) is 6.67 Å². The van der Waals surface area contributed by atoms with Crippen LogP contribution in [0.5, 0.6) is 0 Å². The van der Waals surface area contributed by atoms with Crippen LogP contribution in [-0.2, 0) is 20.0 Å². The SMILES string of the molecule is O=[N+]([O-])c1ccc(S(=O)(=O)N2CN3CN(C2)CN(S(=O)(=O)c2ccc([N+](=O)[O-])cc2)C3)cc1. The van der Waals surface area contributed by atoms with Gasteiger partial charge in [0.25, 0.3) is 11.4 Å². The molecule has 0 aromatic heterocycles. The van der Waals surface area contributed by atoms with Crippen molar-refractivity contribution in [3.8, 4) is 0 Å². The Morgan fingerprint density at radius 3 is 1.15 bits per heavy atom. The molecule has 14 nitrogen and oxygen atoms in total. The van der Waals surface area contributed by atoms with Crippen LogP contribution >= 0.6 is 0 Å². The topological polar surface area (TPSA) is 168 Å². The van der Waals surface area contributed by atoms with Crippen LogP contribution in [0.25, 0.3) is 0 Å². The number of nitrogens with zero attached hydrogens (tertiary/aromatic N) is 6. The normalized spacial score (nSPS) is 22.1. The van der Waals surface area contributed by atoms with E-state index in [1.807, 2.05) is 0 Å². The molecule has 2 aromatic rings. The molecular weight excluding hydrogens is 480 g/mol. The zero-order valence-electron chi connectivity index (χ0n) is 16.9. The summed E-state index contributed by atoms with van der Waals surface area (Å²) in [4.78, 5) is 23.4. The molecule has 2 saturated heterocycles. The van der Waals surface area contributed by atoms with Crippen molar-refractivity contribution in [3.05, 3.63) is 68.8 Å². The maximum Gasteiger partial charge on any atom is 0.269 e. The Bertz CT molecular complexity index is 1180. The summed E-state index contributed by atoms with van der Waals surface area (Å²) >= 11 is 0. The molecule has 33 heavy (non-hydrogen) atoms. The molecule has 2 fully saturated rings. The molecule has 2 heterocycles. The largest absolute Gasteiger partial charge is 0.269 e. The van der Waals surface area contributed by atoms with Crippen LogP contribution in [0.15, 0.2) is 58.3 Å². The minimum absolute atomic E-state index is 0.0812. The highest BCUT2D eigenvalue weighted by Crippen LogP contribution is 2.27. The summed E-state index contributed by atoms with van der Waals surface area (Å²) in [5, 5.41) is 21.6. The summed E-state index contributed by atoms with van der Waals surface area (Å²) in [5.41, 5.74) is -0.465. The fourth-order valence-corrected chi connectivity index (χ4v) is 6.43. The van der Waals surface area contributed by atoms with E-state index in [9.17, 15) is 37.1 Å². The van der Waals surface area contributed by atoms with Gasteiger partial charge < -0.3 is 0 Å². The molecule has 176 valence electrons. The van der Waals surface area contributed by atoms with Gasteiger partial charge in [0.1, 0.15) is 0 Å². The van der Waals surface area contributed by atoms with Gasteiger partial charge in [-0.1, -0.05) is 0 Å². The Kier molecular flexibility index (Phi) is 5.89. The van der Waals surface area contributed by atoms with E-state index in [1.165, 1.54) is 0 Å². The molecule has 2 bridgehead atoms. The molecule has 0 aliphatic carbocycles. The average Bonchev–Trinajstić information content (AvgIpc) is 2.78. The number of nitro benzene ring substituents is 2. The van der Waals surface area contributed by atoms with E-state index in [2.05, 4.69) is 0 Å². The van der Waals surface area contributed by atoms with Gasteiger partial charge in [-0.2, -0.15) is 8.61 Å². The maximum absolute atomic E-state index is 13.0. The second-order valence-corrected chi connectivity index (χ2v) is 11.3. The number of nitro groups is 2. The summed E-state index contributed by atoms with van der Waals surface area (Å²) in [6, 6.07) is 9.07. The van der Waals surface area contributed by atoms with Gasteiger partial charge >= 0.3 is 0 Å². The monoisotopic (exact) mass is 498 g/mol. The Morgan fingerprint density at radius 1 is 0.576 bits per heavy atom. The summed E-state index contributed by atoms with van der Waals surface area (Å²) < 4.78 is 54.3. The quantitative estimate of drug-likeness (QED) is 0.406. The van der Waals surface area contributed by atoms with Gasteiger partial charge in [0.05, 0.1) is 53.0 Å². The van der Waals surface area contributed by atoms with Crippen molar-refractivity contribution in [2.45, 2.75) is 9.79 Å². The molecule has 2 aliphatic heterocycles. The van der Waals surface area contributed by atoms with Crippen LogP contribution in [0.4, 0.5) is 11.4 Å². The molecule has 0 spiro atoms. The van der Waals surface area contributed by atoms with Crippen LogP contribution in [-0.4, -0.2) is 78.4 Å². The minimum atomic E-state index is -3.97. The fraction of sp³-hybridized carbons (Fsp3) is 0.294. The number of benzene rings is 2. The predicted octanol–water partition coefficient (Wildman–Crippen LogP) is 0.603. The van der Waals surface area contributed by atoms with Gasteiger partial charge in [0.15, 0.2) is 0 Å². The first-order valence-electron chi connectivity index (χ1n) is 9.42. The zero-order chi connectivity index (χ0) is 24.0. The van der Waals surface area contributed by atoms with E-state index in [0.717, 1.165) is 57.1 Å². The maximum atomic E-state index is 13.0. The van der Waals surface area contributed by atoms with Gasteiger partial charge in [-0.3, -0.25) is 30.0 Å². The first-order valence-corrected chi connectivity index (χ1v) is 12.3. The summed E-state index contributed by atoms with van der Waals surface area (Å²) in [6.45, 7) is 0.0208. The van der Waals surface area contributed by atoms with Crippen molar-refractivity contribution in [3.63, 3.8) is 0 Å². The van der Waals surface area contributed by atoms with Crippen LogP contribution < -0.4 is 0 Å². The molecule has 0 radical (unpaired) electrons. The highest BCUT2D eigenvalue weighted by atomic mass is 32.2. The number of non-ortho nitro benzene ring substituents is 2. The third kappa shape index (κ3) is 4.43. The van der Waals surface area contributed by atoms with Crippen molar-refractivity contribution in [1.82, 2.24) is 18.4 Å². The van der Waals surface area contributed by atoms with Crippen LogP contribution in [0.3, 0.4) is 0 Å². The Morgan fingerprint density at radius 2 is 0.879 bits per heavy atom. The smallest absolute Gasteiger partial charge is 0.262 e. The molecule has 4 rings (SSSR count). The number of hydrogen-bond acceptors (Lipinski definition) is 10. The third-order valence-corrected chi connectivity index (χ3v) is 8.76. The first kappa shape index (κ1) is 23.1. The van der Waals surface area contributed by atoms with E-state index in [4.69, 9.17) is 0 Å². The molecule has 2 aromatic carbocycles. The van der Waals surface area contributed by atoms with Crippen molar-refractivity contribution < 1.29 is 26.7 Å². The Balaban J connectivity index is 1.50. The second kappa shape index (κ2) is 8.40. The van der Waals surface area contributed by atoms with Gasteiger partial charge in [-0.05, 0) is 24.3 Å². The summed E-state index contributed by atoms with van der Waals surface area (Å²) in [6.07, 6.45) is 0. The lowest BCUT2D eigenvalue weighted by Gasteiger charge is -2.48. The molecule has 2 aliphatic rings. The molecule has 0 amide bonds. The lowest BCUT2D eigenvalue weighted by molar-refractivity contribution is -0.385. The third-order valence-electron chi connectivity index (χ3n) is 5.20. The van der Waals surface area contributed by atoms with Crippen molar-refractivity contribution in [2.75, 3.05) is 33.3 Å². The van der Waals surface area contributed by atoms with E-state index >= 15 is 0 Å². The molecular formula is C17H18N6O8S2. The molecule has 0 saturated carbocycles. The zero-order valence-corrected chi connectivity index (χ0v) is 18.6. The van der Waals surface area contributed by atoms with Gasteiger partial charge in [0, 0.05) is 24.3 Å². The minimum Gasteiger partial charge on any atom is -0.262 e. The van der Waals surface area contributed by atoms with Crippen LogP contribution in [0, 0.1) is 20.2 Å². The predicted molar refractivity (Wildman–Crippen MR) is 112 cm³/mol. The number of rotatable bonds is 6. The lowest BCUT2D eigenvalue weighted by atomic mass is 10.3. The standard InChI is InChI=1S/C17H18N6O8S2/c24-22(25)14-1-5-16(6-2-14)32(28,29)20-10-18-9-19(11-20)13-21(12-18)33(30,31)17-7-3-15(4-8-17)23(26)27/h1-8H,9-13H2. The van der Waals surface area contributed by atoms with E-state index in [-0.39, 0.29) is 47.8 Å². The highest BCUT2D eigenvalue weighted by Gasteiger charge is 2.40. The van der Waals surface area contributed by atoms with Gasteiger partial charge in [0.2, 0.25) is 20.0 Å². The number of sulfonamides is 2. The summed E-state index contributed by atoms with van der Waals surface area (Å²) in [7, 11) is -7.94. The van der Waals surface area contributed by atoms with Gasteiger partial charge in [-0.15, -0.1) is 0 Å². The fourth-order valence-electron chi connectivity index (χ4n) is 3.61. The lowest BCUT2D eigenvalue weighted by Crippen LogP contribution is -2.65. The van der Waals surface area contributed by atoms with E-state index < -0.39 is 29.9 Å². The molecule has 0 atom stereocenters. The van der Waals surface area contributed by atoms with E-state index in [1.54, 1.807) is 9.80 Å². The number of hydrogen-bond donors (Lipinski definition) is 0. The summed E-state index contributed by atoms with van der Waals surface area (Å²) in [5.74, 6) is 0.